The molecule has 0 aromatic carbocycles. The van der Waals surface area contributed by atoms with Crippen molar-refractivity contribution in [3.05, 3.63) is 0 Å². The van der Waals surface area contributed by atoms with Gasteiger partial charge in [-0.3, -0.25) is 0 Å². The van der Waals surface area contributed by atoms with Gasteiger partial charge >= 0.3 is 26.2 Å². The maximum absolute atomic E-state index is 0. The smallest absolute Gasteiger partial charge is 0.0149 e. The van der Waals surface area contributed by atoms with Crippen LogP contribution in [0.1, 0.15) is 0 Å². The first-order valence-corrected chi connectivity index (χ1v) is 0. The zero-order chi connectivity index (χ0) is 0. The summed E-state index contributed by atoms with van der Waals surface area (Å²) in [6.07, 6.45) is 0. The van der Waals surface area contributed by atoms with Crippen LogP contribution in [0.15, 0.2) is 0 Å². The Morgan fingerprint density at radius 3 is 1.00 bits per heavy atom. The molecule has 0 amide bonds. The van der Waals surface area contributed by atoms with E-state index in [1.165, 1.54) is 0 Å². The molecule has 0 rings (SSSR count). The Morgan fingerprint density at radius 2 is 1.00 bits per heavy atom. The Morgan fingerprint density at radius 1 is 1.00 bits per heavy atom. The Bertz CT molecular complexity index is 8.00. The fourth-order valence-electron chi connectivity index (χ4n) is 0. The first-order valence-electron chi connectivity index (χ1n) is 0. The molecule has 0 saturated heterocycles. The molecule has 0 atom stereocenters. The van der Waals surface area contributed by atoms with E-state index >= 15 is 0 Å². The molecule has 0 aromatic rings. The standard InChI is InChI=1S/Al.B.Bi.H4Si.6H/h;;;1H4;;;;;;. The van der Waals surface area contributed by atoms with E-state index in [1.54, 1.807) is 0 Å². The summed E-state index contributed by atoms with van der Waals surface area (Å²) in [5, 5.41) is 0. The van der Waals surface area contributed by atoms with E-state index in [2.05, 4.69) is 0 Å². The summed E-state index contributed by atoms with van der Waals surface area (Å²) < 4.78 is 0. The van der Waals surface area contributed by atoms with Gasteiger partial charge in [0.05, 0.1) is 0 Å². The van der Waals surface area contributed by atoms with Crippen molar-refractivity contribution in [3.63, 3.8) is 0 Å². The van der Waals surface area contributed by atoms with Crippen LogP contribution in [0.3, 0.4) is 0 Å². The molecule has 0 fully saturated rings. The second-order valence-electron chi connectivity index (χ2n) is 0. The van der Waals surface area contributed by atoms with Gasteiger partial charge in [0, 0.05) is 8.41 Å². The monoisotopic (exact) mass is 285 g/mol. The van der Waals surface area contributed by atoms with Crippen molar-refractivity contribution in [1.29, 1.82) is 0 Å². The molecule has 0 saturated carbocycles. The quantitative estimate of drug-likeness (QED) is 0.396. The van der Waals surface area contributed by atoms with E-state index < -0.39 is 0 Å². The molecule has 4 heteroatoms. The van der Waals surface area contributed by atoms with Crippen LogP contribution < -0.4 is 0 Å². The third-order valence-corrected chi connectivity index (χ3v) is 0. The third-order valence-electron chi connectivity index (χ3n) is 0. The second-order valence-corrected chi connectivity index (χ2v) is 0. The van der Waals surface area contributed by atoms with Crippen molar-refractivity contribution in [1.82, 2.24) is 0 Å². The van der Waals surface area contributed by atoms with Crippen molar-refractivity contribution in [2.45, 2.75) is 0 Å². The molecule has 0 unspecified atom stereocenters. The molecule has 4 heavy (non-hydrogen) atoms. The van der Waals surface area contributed by atoms with Crippen molar-refractivity contribution >= 4 is 62.9 Å². The van der Waals surface area contributed by atoms with Gasteiger partial charge in [-0.05, 0) is 11.0 Å². The van der Waals surface area contributed by atoms with Crippen molar-refractivity contribution in [2.75, 3.05) is 0 Å². The average Bonchev–Trinajstić information content (AvgIpc) is 0. The number of rotatable bonds is 0. The van der Waals surface area contributed by atoms with Gasteiger partial charge in [-0.1, -0.05) is 0 Å². The predicted molar refractivity (Wildman–Crippen MR) is 37.0 cm³/mol. The van der Waals surface area contributed by atoms with Gasteiger partial charge in [-0.25, -0.2) is 0 Å². The molecule has 3 radical (unpaired) electrons. The van der Waals surface area contributed by atoms with E-state index in [-0.39, 0.29) is 62.9 Å². The van der Waals surface area contributed by atoms with E-state index in [0.717, 1.165) is 0 Å². The Labute approximate surface area is 62.6 Å². The van der Waals surface area contributed by atoms with Crippen LogP contribution in [0, 0.1) is 0 Å². The van der Waals surface area contributed by atoms with E-state index in [1.807, 2.05) is 0 Å². The summed E-state index contributed by atoms with van der Waals surface area (Å²) in [5.74, 6) is 0. The summed E-state index contributed by atoms with van der Waals surface area (Å²) in [7, 11) is 0. The minimum absolute atomic E-state index is 0. The molecule has 0 nitrogen and oxygen atoms in total. The Kier molecular flexibility index (Phi) is 243. The van der Waals surface area contributed by atoms with Crippen LogP contribution in [0.5, 0.6) is 0 Å². The van der Waals surface area contributed by atoms with E-state index in [0.29, 0.717) is 0 Å². The summed E-state index contributed by atoms with van der Waals surface area (Å²) in [6.45, 7) is 0. The second kappa shape index (κ2) is 22.3. The third kappa shape index (κ3) is 9.34. The Hall–Kier alpha value is 1.70. The van der Waals surface area contributed by atoms with Gasteiger partial charge < -0.3 is 0 Å². The van der Waals surface area contributed by atoms with Gasteiger partial charge in [-0.15, -0.1) is 0 Å². The summed E-state index contributed by atoms with van der Waals surface area (Å²) >= 11 is 0. The van der Waals surface area contributed by atoms with Gasteiger partial charge in [-0.2, -0.15) is 0 Å². The average molecular weight is 285 g/mol. The van der Waals surface area contributed by atoms with Crippen LogP contribution in [0.25, 0.3) is 0 Å². The van der Waals surface area contributed by atoms with Gasteiger partial charge in [0.1, 0.15) is 0 Å². The number of hydrogen-bond acceptors (Lipinski definition) is 0. The van der Waals surface area contributed by atoms with Gasteiger partial charge in [0.15, 0.2) is 17.4 Å². The van der Waals surface area contributed by atoms with Gasteiger partial charge in [0.2, 0.25) is 0 Å². The zero-order valence-electron chi connectivity index (χ0n) is 1.28. The molecular weight excluding hydrogens is 275 g/mol. The van der Waals surface area contributed by atoms with E-state index in [9.17, 15) is 0 Å². The normalized spacial score (nSPS) is 0. The topological polar surface area (TPSA) is 0 Å². The Balaban J connectivity index is 0. The summed E-state index contributed by atoms with van der Waals surface area (Å²) in [5.41, 5.74) is 0. The molecule has 25 valence electrons. The summed E-state index contributed by atoms with van der Waals surface area (Å²) in [4.78, 5) is 0. The fraction of sp³-hybridized carbons (Fsp3) is 0. The van der Waals surface area contributed by atoms with Crippen LogP contribution >= 0.6 is 0 Å². The zero-order valence-corrected chi connectivity index (χ0v) is 6.78. The molecule has 0 aromatic heterocycles. The minimum atomic E-state index is 0. The van der Waals surface area contributed by atoms with Gasteiger partial charge in [0.25, 0.3) is 0 Å². The van der Waals surface area contributed by atoms with E-state index in [4.69, 9.17) is 0 Å². The maximum Gasteiger partial charge on any atom is -0.0149 e. The molecule has 0 N–H and O–H groups in total. The maximum atomic E-state index is 0. The molecule has 0 heterocycles. The largest absolute Gasteiger partial charge is 0.0149 e. The van der Waals surface area contributed by atoms with Crippen LogP contribution in [0.2, 0.25) is 0 Å². The van der Waals surface area contributed by atoms with Crippen LogP contribution in [-0.2, 0) is 0 Å². The molecule has 0 spiro atoms. The molecule has 0 aliphatic rings. The molecular formula is H10AlBBiSi. The predicted octanol–water partition coefficient (Wildman–Crippen LogP) is -4.20. The van der Waals surface area contributed by atoms with Crippen LogP contribution in [-0.4, -0.2) is 62.9 Å². The minimum Gasteiger partial charge on any atom is -0.0149 e. The summed E-state index contributed by atoms with van der Waals surface area (Å²) in [6, 6.07) is 0. The first kappa shape index (κ1) is 43.6. The van der Waals surface area contributed by atoms with Crippen molar-refractivity contribution < 1.29 is 0 Å². The molecule has 0 bridgehead atoms. The van der Waals surface area contributed by atoms with Crippen LogP contribution in [0.4, 0.5) is 0 Å². The fourth-order valence-corrected chi connectivity index (χ4v) is 0. The first-order chi connectivity index (χ1) is 0. The molecule has 0 aliphatic heterocycles. The van der Waals surface area contributed by atoms with Crippen molar-refractivity contribution in [3.8, 4) is 0 Å². The van der Waals surface area contributed by atoms with Crippen molar-refractivity contribution in [2.24, 2.45) is 0 Å². The SMILES string of the molecule is [AlH3].[B].[BiH3].[SiH4]. The molecule has 0 aliphatic carbocycles. The number of hydrogen-bond donors (Lipinski definition) is 0.